The number of alkyl halides is 5. The van der Waals surface area contributed by atoms with E-state index in [0.717, 1.165) is 13.8 Å². The Morgan fingerprint density at radius 2 is 1.60 bits per heavy atom. The SMILES string of the molecule is CC(C)(CO)NC(=O)C(F)(F)C(F)(F)F. The predicted molar refractivity (Wildman–Crippen MR) is 40.3 cm³/mol. The Kier molecular flexibility index (Phi) is 3.67. The molecule has 0 aliphatic heterocycles. The van der Waals surface area contributed by atoms with Gasteiger partial charge in [0.2, 0.25) is 0 Å². The van der Waals surface area contributed by atoms with Gasteiger partial charge in [0, 0.05) is 0 Å². The van der Waals surface area contributed by atoms with Gasteiger partial charge in [0.05, 0.1) is 12.1 Å². The van der Waals surface area contributed by atoms with Crippen LogP contribution in [0.2, 0.25) is 0 Å². The molecular weight excluding hydrogens is 225 g/mol. The minimum absolute atomic E-state index is 0.757. The average Bonchev–Trinajstić information content (AvgIpc) is 2.01. The Morgan fingerprint density at radius 1 is 1.20 bits per heavy atom. The first-order valence-corrected chi connectivity index (χ1v) is 3.82. The van der Waals surface area contributed by atoms with Gasteiger partial charge in [-0.15, -0.1) is 0 Å². The van der Waals surface area contributed by atoms with Gasteiger partial charge in [0.15, 0.2) is 0 Å². The third-order valence-electron chi connectivity index (χ3n) is 1.49. The summed E-state index contributed by atoms with van der Waals surface area (Å²) in [6.07, 6.45) is -5.94. The number of halogens is 5. The largest absolute Gasteiger partial charge is 0.463 e. The summed E-state index contributed by atoms with van der Waals surface area (Å²) in [6, 6.07) is 0. The van der Waals surface area contributed by atoms with E-state index < -0.39 is 30.2 Å². The number of carbonyl (C=O) groups is 1. The molecule has 0 unspecified atom stereocenters. The van der Waals surface area contributed by atoms with Crippen molar-refractivity contribution < 1.29 is 31.9 Å². The molecular formula is C7H10F5NO2. The Bertz CT molecular complexity index is 248. The number of hydrogen-bond donors (Lipinski definition) is 2. The molecule has 15 heavy (non-hydrogen) atoms. The average molecular weight is 235 g/mol. The molecule has 0 saturated heterocycles. The summed E-state index contributed by atoms with van der Waals surface area (Å²) in [5, 5.41) is 9.96. The smallest absolute Gasteiger partial charge is 0.394 e. The van der Waals surface area contributed by atoms with E-state index in [1.807, 2.05) is 0 Å². The molecule has 3 nitrogen and oxygen atoms in total. The summed E-state index contributed by atoms with van der Waals surface area (Å²) in [5.41, 5.74) is -1.54. The number of carbonyl (C=O) groups excluding carboxylic acids is 1. The quantitative estimate of drug-likeness (QED) is 0.719. The fourth-order valence-electron chi connectivity index (χ4n) is 0.554. The highest BCUT2D eigenvalue weighted by atomic mass is 19.4. The van der Waals surface area contributed by atoms with Gasteiger partial charge in [-0.1, -0.05) is 0 Å². The summed E-state index contributed by atoms with van der Waals surface area (Å²) in [6.45, 7) is 1.46. The van der Waals surface area contributed by atoms with Crippen molar-refractivity contribution in [2.75, 3.05) is 6.61 Å². The fraction of sp³-hybridized carbons (Fsp3) is 0.857. The van der Waals surface area contributed by atoms with Crippen LogP contribution in [0.15, 0.2) is 0 Å². The highest BCUT2D eigenvalue weighted by Crippen LogP contribution is 2.35. The lowest BCUT2D eigenvalue weighted by atomic mass is 10.1. The zero-order valence-electron chi connectivity index (χ0n) is 7.95. The van der Waals surface area contributed by atoms with Crippen LogP contribution >= 0.6 is 0 Å². The Hall–Kier alpha value is -0.920. The molecule has 0 radical (unpaired) electrons. The van der Waals surface area contributed by atoms with E-state index in [0.29, 0.717) is 0 Å². The molecule has 0 aliphatic carbocycles. The Labute approximate surface area is 82.3 Å². The second kappa shape index (κ2) is 3.92. The molecule has 0 saturated carbocycles. The van der Waals surface area contributed by atoms with Crippen molar-refractivity contribution in [3.63, 3.8) is 0 Å². The van der Waals surface area contributed by atoms with Crippen molar-refractivity contribution in [2.24, 2.45) is 0 Å². The minimum Gasteiger partial charge on any atom is -0.394 e. The maximum atomic E-state index is 12.4. The monoisotopic (exact) mass is 235 g/mol. The molecule has 0 aromatic carbocycles. The van der Waals surface area contributed by atoms with Gasteiger partial charge in [0.1, 0.15) is 0 Å². The summed E-state index contributed by atoms with van der Waals surface area (Å²) >= 11 is 0. The predicted octanol–water partition coefficient (Wildman–Crippen LogP) is 1.07. The van der Waals surface area contributed by atoms with Crippen molar-refractivity contribution in [1.29, 1.82) is 0 Å². The number of amides is 1. The molecule has 0 rings (SSSR count). The molecule has 0 aromatic heterocycles. The van der Waals surface area contributed by atoms with E-state index >= 15 is 0 Å². The highest BCUT2D eigenvalue weighted by Gasteiger charge is 2.63. The van der Waals surface area contributed by atoms with Gasteiger partial charge in [-0.25, -0.2) is 0 Å². The van der Waals surface area contributed by atoms with E-state index in [-0.39, 0.29) is 0 Å². The van der Waals surface area contributed by atoms with Gasteiger partial charge in [-0.3, -0.25) is 4.79 Å². The van der Waals surface area contributed by atoms with Crippen LogP contribution in [0.1, 0.15) is 13.8 Å². The molecule has 0 aliphatic rings. The first-order chi connectivity index (χ1) is 6.44. The summed E-state index contributed by atoms with van der Waals surface area (Å²) in [5.74, 6) is -7.94. The third-order valence-corrected chi connectivity index (χ3v) is 1.49. The maximum Gasteiger partial charge on any atom is 0.463 e. The third kappa shape index (κ3) is 3.29. The van der Waals surface area contributed by atoms with Crippen LogP contribution in [0, 0.1) is 0 Å². The lowest BCUT2D eigenvalue weighted by Crippen LogP contribution is -2.57. The molecule has 0 spiro atoms. The number of aliphatic hydroxyl groups excluding tert-OH is 1. The normalized spacial score (nSPS) is 13.9. The maximum absolute atomic E-state index is 12.4. The molecule has 8 heteroatoms. The van der Waals surface area contributed by atoms with E-state index in [2.05, 4.69) is 0 Å². The molecule has 2 N–H and O–H groups in total. The van der Waals surface area contributed by atoms with Gasteiger partial charge >= 0.3 is 18.0 Å². The summed E-state index contributed by atoms with van der Waals surface area (Å²) < 4.78 is 59.8. The van der Waals surface area contributed by atoms with E-state index in [1.54, 1.807) is 0 Å². The van der Waals surface area contributed by atoms with Crippen molar-refractivity contribution in [2.45, 2.75) is 31.5 Å². The van der Waals surface area contributed by atoms with Crippen LogP contribution < -0.4 is 5.32 Å². The van der Waals surface area contributed by atoms with Crippen LogP contribution in [0.3, 0.4) is 0 Å². The van der Waals surface area contributed by atoms with Crippen LogP contribution in [0.4, 0.5) is 22.0 Å². The van der Waals surface area contributed by atoms with Gasteiger partial charge in [-0.2, -0.15) is 22.0 Å². The molecule has 0 heterocycles. The Morgan fingerprint density at radius 3 is 1.87 bits per heavy atom. The minimum atomic E-state index is -5.94. The number of hydrogen-bond acceptors (Lipinski definition) is 2. The van der Waals surface area contributed by atoms with Crippen LogP contribution in [0.5, 0.6) is 0 Å². The standard InChI is InChI=1S/C7H10F5NO2/c1-5(2,3-14)13-4(15)6(8,9)7(10,11)12/h14H,3H2,1-2H3,(H,13,15). The molecule has 0 aromatic rings. The topological polar surface area (TPSA) is 49.3 Å². The van der Waals surface area contributed by atoms with E-state index in [1.165, 1.54) is 5.32 Å². The number of aliphatic hydroxyl groups is 1. The van der Waals surface area contributed by atoms with Crippen molar-refractivity contribution in [1.82, 2.24) is 5.32 Å². The van der Waals surface area contributed by atoms with Gasteiger partial charge < -0.3 is 10.4 Å². The van der Waals surface area contributed by atoms with Crippen molar-refractivity contribution >= 4 is 5.91 Å². The zero-order valence-corrected chi connectivity index (χ0v) is 7.95. The van der Waals surface area contributed by atoms with Gasteiger partial charge in [0.25, 0.3) is 0 Å². The lowest BCUT2D eigenvalue weighted by molar-refractivity contribution is -0.270. The second-order valence-electron chi connectivity index (χ2n) is 3.57. The van der Waals surface area contributed by atoms with Crippen LogP contribution in [-0.4, -0.2) is 35.3 Å². The van der Waals surface area contributed by atoms with Crippen molar-refractivity contribution in [3.05, 3.63) is 0 Å². The molecule has 1 amide bonds. The van der Waals surface area contributed by atoms with E-state index in [4.69, 9.17) is 5.11 Å². The van der Waals surface area contributed by atoms with Crippen LogP contribution in [-0.2, 0) is 4.79 Å². The lowest BCUT2D eigenvalue weighted by Gasteiger charge is -2.27. The molecule has 0 fully saturated rings. The molecule has 90 valence electrons. The van der Waals surface area contributed by atoms with Crippen LogP contribution in [0.25, 0.3) is 0 Å². The van der Waals surface area contributed by atoms with E-state index in [9.17, 15) is 26.7 Å². The first kappa shape index (κ1) is 14.1. The summed E-state index contributed by atoms with van der Waals surface area (Å²) in [7, 11) is 0. The van der Waals surface area contributed by atoms with Crippen molar-refractivity contribution in [3.8, 4) is 0 Å². The first-order valence-electron chi connectivity index (χ1n) is 3.82. The molecule has 0 atom stereocenters. The number of nitrogens with one attached hydrogen (secondary N) is 1. The number of rotatable bonds is 3. The highest BCUT2D eigenvalue weighted by molar-refractivity contribution is 5.84. The molecule has 0 bridgehead atoms. The second-order valence-corrected chi connectivity index (χ2v) is 3.57. The fourth-order valence-corrected chi connectivity index (χ4v) is 0.554. The zero-order chi connectivity index (χ0) is 12.5. The van der Waals surface area contributed by atoms with Gasteiger partial charge in [-0.05, 0) is 13.8 Å². The Balaban J connectivity index is 4.74. The summed E-state index contributed by atoms with van der Waals surface area (Å²) in [4.78, 5) is 10.6.